The fourth-order valence-electron chi connectivity index (χ4n) is 2.78. The van der Waals surface area contributed by atoms with E-state index in [1.54, 1.807) is 0 Å². The van der Waals surface area contributed by atoms with E-state index in [0.717, 1.165) is 32.5 Å². The highest BCUT2D eigenvalue weighted by Gasteiger charge is 2.32. The third kappa shape index (κ3) is 7.26. The molecule has 0 spiro atoms. The van der Waals surface area contributed by atoms with Crippen LogP contribution in [0.15, 0.2) is 0 Å². The van der Waals surface area contributed by atoms with Crippen molar-refractivity contribution in [1.82, 2.24) is 10.2 Å². The maximum Gasteiger partial charge on any atom is 0.104 e. The summed E-state index contributed by atoms with van der Waals surface area (Å²) in [7, 11) is 0. The Balaban J connectivity index is 2.35. The van der Waals surface area contributed by atoms with E-state index < -0.39 is 0 Å². The molecule has 0 aromatic heterocycles. The van der Waals surface area contributed by atoms with Gasteiger partial charge in [-0.25, -0.2) is 0 Å². The summed E-state index contributed by atoms with van der Waals surface area (Å²) in [6.07, 6.45) is 4.53. The molecular formula is C17H33N3. The standard InChI is InChI=1S/C17H33N3/c1-14(2)11-20(12-15(3)4)10-6-9-17(5,13-18)19-16-7-8-16/h14-16,19H,6-12H2,1-5H3. The molecular weight excluding hydrogens is 246 g/mol. The van der Waals surface area contributed by atoms with E-state index in [-0.39, 0.29) is 5.54 Å². The van der Waals surface area contributed by atoms with Gasteiger partial charge in [-0.1, -0.05) is 27.7 Å². The molecule has 1 atom stereocenters. The maximum absolute atomic E-state index is 9.39. The number of nitrogens with one attached hydrogen (secondary N) is 1. The van der Waals surface area contributed by atoms with Crippen molar-refractivity contribution >= 4 is 0 Å². The molecule has 1 fully saturated rings. The smallest absolute Gasteiger partial charge is 0.104 e. The van der Waals surface area contributed by atoms with Crippen LogP contribution in [0.5, 0.6) is 0 Å². The van der Waals surface area contributed by atoms with Crippen molar-refractivity contribution < 1.29 is 0 Å². The van der Waals surface area contributed by atoms with Crippen molar-refractivity contribution in [3.8, 4) is 6.07 Å². The lowest BCUT2D eigenvalue weighted by atomic mass is 9.97. The van der Waals surface area contributed by atoms with Crippen molar-refractivity contribution in [3.63, 3.8) is 0 Å². The number of hydrogen-bond acceptors (Lipinski definition) is 3. The van der Waals surface area contributed by atoms with Gasteiger partial charge in [-0.05, 0) is 51.0 Å². The Labute approximate surface area is 125 Å². The lowest BCUT2D eigenvalue weighted by Gasteiger charge is -2.28. The van der Waals surface area contributed by atoms with Gasteiger partial charge in [0.25, 0.3) is 0 Å². The van der Waals surface area contributed by atoms with E-state index in [4.69, 9.17) is 0 Å². The van der Waals surface area contributed by atoms with Crippen LogP contribution >= 0.6 is 0 Å². The first-order valence-electron chi connectivity index (χ1n) is 8.26. The van der Waals surface area contributed by atoms with Gasteiger partial charge < -0.3 is 4.90 Å². The normalized spacial score (nSPS) is 18.6. The van der Waals surface area contributed by atoms with Crippen LogP contribution in [0.25, 0.3) is 0 Å². The first-order chi connectivity index (χ1) is 9.34. The summed E-state index contributed by atoms with van der Waals surface area (Å²) in [6.45, 7) is 14.6. The molecule has 3 nitrogen and oxygen atoms in total. The molecule has 1 rings (SSSR count). The minimum Gasteiger partial charge on any atom is -0.303 e. The van der Waals surface area contributed by atoms with Crippen LogP contribution in [0.4, 0.5) is 0 Å². The van der Waals surface area contributed by atoms with E-state index in [1.807, 2.05) is 0 Å². The number of hydrogen-bond donors (Lipinski definition) is 1. The van der Waals surface area contributed by atoms with Crippen LogP contribution in [-0.4, -0.2) is 36.1 Å². The largest absolute Gasteiger partial charge is 0.303 e. The molecule has 0 aromatic carbocycles. The molecule has 1 aliphatic carbocycles. The second-order valence-corrected chi connectivity index (χ2v) is 7.51. The van der Waals surface area contributed by atoms with E-state index >= 15 is 0 Å². The molecule has 1 N–H and O–H groups in total. The molecule has 1 saturated carbocycles. The Hall–Kier alpha value is -0.590. The Morgan fingerprint density at radius 1 is 1.20 bits per heavy atom. The summed E-state index contributed by atoms with van der Waals surface area (Å²) in [5.41, 5.74) is -0.331. The molecule has 0 radical (unpaired) electrons. The third-order valence-corrected chi connectivity index (χ3v) is 3.74. The average molecular weight is 279 g/mol. The zero-order chi connectivity index (χ0) is 15.2. The lowest BCUT2D eigenvalue weighted by Crippen LogP contribution is -2.43. The van der Waals surface area contributed by atoms with E-state index in [0.29, 0.717) is 17.9 Å². The summed E-state index contributed by atoms with van der Waals surface area (Å²) in [4.78, 5) is 2.56. The van der Waals surface area contributed by atoms with E-state index in [9.17, 15) is 5.26 Å². The molecule has 0 bridgehead atoms. The third-order valence-electron chi connectivity index (χ3n) is 3.74. The molecule has 0 aromatic rings. The zero-order valence-electron chi connectivity index (χ0n) is 14.1. The van der Waals surface area contributed by atoms with Gasteiger partial charge in [0.05, 0.1) is 6.07 Å². The minimum absolute atomic E-state index is 0.331. The van der Waals surface area contributed by atoms with Crippen molar-refractivity contribution in [3.05, 3.63) is 0 Å². The first kappa shape index (κ1) is 17.5. The molecule has 0 aliphatic heterocycles. The van der Waals surface area contributed by atoms with Crippen molar-refractivity contribution in [2.45, 2.75) is 71.9 Å². The van der Waals surface area contributed by atoms with Gasteiger partial charge in [0.2, 0.25) is 0 Å². The van der Waals surface area contributed by atoms with Crippen LogP contribution in [0.1, 0.15) is 60.3 Å². The van der Waals surface area contributed by atoms with Gasteiger partial charge in [0.15, 0.2) is 0 Å². The highest BCUT2D eigenvalue weighted by atomic mass is 15.1. The summed E-state index contributed by atoms with van der Waals surface area (Å²) < 4.78 is 0. The molecule has 1 unspecified atom stereocenters. The number of nitrogens with zero attached hydrogens (tertiary/aromatic N) is 2. The second-order valence-electron chi connectivity index (χ2n) is 7.51. The topological polar surface area (TPSA) is 39.1 Å². The minimum atomic E-state index is -0.331. The predicted octanol–water partition coefficient (Wildman–Crippen LogP) is 3.41. The van der Waals surface area contributed by atoms with Gasteiger partial charge in [-0.2, -0.15) is 5.26 Å². The molecule has 1 aliphatic rings. The monoisotopic (exact) mass is 279 g/mol. The van der Waals surface area contributed by atoms with Gasteiger partial charge in [0, 0.05) is 19.1 Å². The fourth-order valence-corrected chi connectivity index (χ4v) is 2.78. The maximum atomic E-state index is 9.39. The van der Waals surface area contributed by atoms with Crippen LogP contribution in [0, 0.1) is 23.2 Å². The van der Waals surface area contributed by atoms with Crippen molar-refractivity contribution in [2.75, 3.05) is 19.6 Å². The number of rotatable bonds is 10. The van der Waals surface area contributed by atoms with Crippen LogP contribution in [-0.2, 0) is 0 Å². The van der Waals surface area contributed by atoms with Gasteiger partial charge in [0.1, 0.15) is 5.54 Å². The molecule has 0 amide bonds. The number of nitriles is 1. The second kappa shape index (κ2) is 8.00. The SMILES string of the molecule is CC(C)CN(CCCC(C)(C#N)NC1CC1)CC(C)C. The molecule has 116 valence electrons. The van der Waals surface area contributed by atoms with E-state index in [1.165, 1.54) is 12.8 Å². The molecule has 3 heteroatoms. The highest BCUT2D eigenvalue weighted by molar-refractivity contribution is 5.07. The quantitative estimate of drug-likeness (QED) is 0.666. The fraction of sp³-hybridized carbons (Fsp3) is 0.941. The van der Waals surface area contributed by atoms with E-state index in [2.05, 4.69) is 50.9 Å². The molecule has 20 heavy (non-hydrogen) atoms. The summed E-state index contributed by atoms with van der Waals surface area (Å²) in [6, 6.07) is 3.07. The van der Waals surface area contributed by atoms with Crippen LogP contribution in [0.3, 0.4) is 0 Å². The van der Waals surface area contributed by atoms with Gasteiger partial charge >= 0.3 is 0 Å². The Bertz CT molecular complexity index is 305. The summed E-state index contributed by atoms with van der Waals surface area (Å²) in [5.74, 6) is 1.42. The van der Waals surface area contributed by atoms with Gasteiger partial charge in [-0.3, -0.25) is 5.32 Å². The Kier molecular flexibility index (Phi) is 6.99. The zero-order valence-corrected chi connectivity index (χ0v) is 14.1. The Morgan fingerprint density at radius 2 is 1.75 bits per heavy atom. The first-order valence-corrected chi connectivity index (χ1v) is 8.26. The predicted molar refractivity (Wildman–Crippen MR) is 85.5 cm³/mol. The van der Waals surface area contributed by atoms with Crippen LogP contribution < -0.4 is 5.32 Å². The average Bonchev–Trinajstić information content (AvgIpc) is 3.11. The summed E-state index contributed by atoms with van der Waals surface area (Å²) >= 11 is 0. The van der Waals surface area contributed by atoms with Crippen molar-refractivity contribution in [1.29, 1.82) is 5.26 Å². The van der Waals surface area contributed by atoms with Crippen molar-refractivity contribution in [2.24, 2.45) is 11.8 Å². The highest BCUT2D eigenvalue weighted by Crippen LogP contribution is 2.24. The Morgan fingerprint density at radius 3 is 2.15 bits per heavy atom. The molecule has 0 saturated heterocycles. The summed E-state index contributed by atoms with van der Waals surface area (Å²) in [5, 5.41) is 12.9. The lowest BCUT2D eigenvalue weighted by molar-refractivity contribution is 0.209. The molecule has 0 heterocycles. The van der Waals surface area contributed by atoms with Gasteiger partial charge in [-0.15, -0.1) is 0 Å². The van der Waals surface area contributed by atoms with Crippen LogP contribution in [0.2, 0.25) is 0 Å².